The van der Waals surface area contributed by atoms with Crippen LogP contribution in [0.1, 0.15) is 65.2 Å². The Morgan fingerprint density at radius 3 is 2.21 bits per heavy atom. The summed E-state index contributed by atoms with van der Waals surface area (Å²) in [5.74, 6) is 0.254. The van der Waals surface area contributed by atoms with Crippen LogP contribution in [0.2, 0.25) is 0 Å². The van der Waals surface area contributed by atoms with Crippen LogP contribution in [0.5, 0.6) is 0 Å². The SMILES string of the molecule is CCCCCC(CCCCC)Nc1cccc(F)n1. The fourth-order valence-electron chi connectivity index (χ4n) is 2.27. The summed E-state index contributed by atoms with van der Waals surface area (Å²) in [6, 6.07) is 5.36. The lowest BCUT2D eigenvalue weighted by molar-refractivity contribution is 0.522. The van der Waals surface area contributed by atoms with E-state index in [0.29, 0.717) is 11.9 Å². The lowest BCUT2D eigenvalue weighted by Gasteiger charge is -2.19. The highest BCUT2D eigenvalue weighted by atomic mass is 19.1. The standard InChI is InChI=1S/C16H27FN2/c1-3-5-7-10-14(11-8-6-4-2)18-16-13-9-12-15(17)19-16/h9,12-14H,3-8,10-11H2,1-2H3,(H,18,19). The van der Waals surface area contributed by atoms with E-state index in [2.05, 4.69) is 24.1 Å². The van der Waals surface area contributed by atoms with E-state index in [0.717, 1.165) is 12.8 Å². The average molecular weight is 266 g/mol. The Kier molecular flexibility index (Phi) is 8.19. The van der Waals surface area contributed by atoms with Gasteiger partial charge in [0.15, 0.2) is 0 Å². The number of unbranched alkanes of at least 4 members (excludes halogenated alkanes) is 4. The molecule has 0 atom stereocenters. The van der Waals surface area contributed by atoms with Gasteiger partial charge >= 0.3 is 0 Å². The zero-order valence-corrected chi connectivity index (χ0v) is 12.3. The summed E-state index contributed by atoms with van der Waals surface area (Å²) in [5.41, 5.74) is 0. The number of pyridine rings is 1. The number of aromatic nitrogens is 1. The normalized spacial score (nSPS) is 10.9. The van der Waals surface area contributed by atoms with Crippen molar-refractivity contribution in [3.05, 3.63) is 24.1 Å². The molecule has 0 fully saturated rings. The molecule has 0 radical (unpaired) electrons. The number of rotatable bonds is 10. The van der Waals surface area contributed by atoms with E-state index >= 15 is 0 Å². The molecule has 1 N–H and O–H groups in total. The second-order valence-electron chi connectivity index (χ2n) is 5.18. The second kappa shape index (κ2) is 9.76. The van der Waals surface area contributed by atoms with Gasteiger partial charge in [-0.3, -0.25) is 0 Å². The lowest BCUT2D eigenvalue weighted by atomic mass is 10.0. The van der Waals surface area contributed by atoms with E-state index in [9.17, 15) is 4.39 Å². The van der Waals surface area contributed by atoms with E-state index in [1.165, 1.54) is 44.6 Å². The van der Waals surface area contributed by atoms with Gasteiger partial charge in [-0.1, -0.05) is 58.4 Å². The molecule has 19 heavy (non-hydrogen) atoms. The first kappa shape index (κ1) is 15.9. The molecular formula is C16H27FN2. The molecule has 0 aliphatic carbocycles. The fourth-order valence-corrected chi connectivity index (χ4v) is 2.27. The highest BCUT2D eigenvalue weighted by Gasteiger charge is 2.09. The van der Waals surface area contributed by atoms with Crippen LogP contribution in [0.4, 0.5) is 10.2 Å². The number of hydrogen-bond donors (Lipinski definition) is 1. The summed E-state index contributed by atoms with van der Waals surface area (Å²) in [7, 11) is 0. The number of halogens is 1. The van der Waals surface area contributed by atoms with Gasteiger partial charge in [0.2, 0.25) is 5.95 Å². The van der Waals surface area contributed by atoms with Gasteiger partial charge in [0.05, 0.1) is 0 Å². The average Bonchev–Trinajstić information content (AvgIpc) is 2.39. The van der Waals surface area contributed by atoms with Gasteiger partial charge in [-0.25, -0.2) is 4.98 Å². The monoisotopic (exact) mass is 266 g/mol. The molecule has 108 valence electrons. The van der Waals surface area contributed by atoms with Gasteiger partial charge < -0.3 is 5.32 Å². The molecule has 0 aliphatic heterocycles. The van der Waals surface area contributed by atoms with Crippen molar-refractivity contribution < 1.29 is 4.39 Å². The minimum absolute atomic E-state index is 0.411. The predicted octanol–water partition coefficient (Wildman–Crippen LogP) is 5.16. The van der Waals surface area contributed by atoms with Gasteiger partial charge in [-0.2, -0.15) is 4.39 Å². The van der Waals surface area contributed by atoms with E-state index in [1.54, 1.807) is 6.07 Å². The van der Waals surface area contributed by atoms with E-state index in [4.69, 9.17) is 0 Å². The minimum atomic E-state index is -0.411. The van der Waals surface area contributed by atoms with Crippen molar-refractivity contribution in [2.45, 2.75) is 71.3 Å². The molecule has 1 aromatic heterocycles. The molecule has 0 amide bonds. The molecule has 0 spiro atoms. The summed E-state index contributed by atoms with van der Waals surface area (Å²) in [6.07, 6.45) is 9.77. The van der Waals surface area contributed by atoms with Gasteiger partial charge in [0, 0.05) is 6.04 Å². The van der Waals surface area contributed by atoms with E-state index < -0.39 is 5.95 Å². The van der Waals surface area contributed by atoms with Crippen molar-refractivity contribution in [2.75, 3.05) is 5.32 Å². The molecule has 0 saturated carbocycles. The molecule has 3 heteroatoms. The molecule has 0 aliphatic rings. The van der Waals surface area contributed by atoms with Crippen molar-refractivity contribution in [3.63, 3.8) is 0 Å². The van der Waals surface area contributed by atoms with E-state index in [1.807, 2.05) is 6.07 Å². The van der Waals surface area contributed by atoms with Crippen molar-refractivity contribution in [1.29, 1.82) is 0 Å². The smallest absolute Gasteiger partial charge is 0.214 e. The Balaban J connectivity index is 2.46. The topological polar surface area (TPSA) is 24.9 Å². The van der Waals surface area contributed by atoms with Gasteiger partial charge in [0.25, 0.3) is 0 Å². The molecule has 2 nitrogen and oxygen atoms in total. The van der Waals surface area contributed by atoms with Crippen LogP contribution >= 0.6 is 0 Å². The maximum atomic E-state index is 13.1. The second-order valence-corrected chi connectivity index (χ2v) is 5.18. The van der Waals surface area contributed by atoms with Gasteiger partial charge in [0.1, 0.15) is 5.82 Å². The first-order valence-electron chi connectivity index (χ1n) is 7.65. The van der Waals surface area contributed by atoms with Crippen LogP contribution in [0, 0.1) is 5.95 Å². The molecule has 1 heterocycles. The Hall–Kier alpha value is -1.12. The summed E-state index contributed by atoms with van der Waals surface area (Å²) in [4.78, 5) is 3.89. The third-order valence-electron chi connectivity index (χ3n) is 3.38. The maximum absolute atomic E-state index is 13.1. The third kappa shape index (κ3) is 7.14. The largest absolute Gasteiger partial charge is 0.367 e. The number of nitrogens with zero attached hydrogens (tertiary/aromatic N) is 1. The number of nitrogens with one attached hydrogen (secondary N) is 1. The maximum Gasteiger partial charge on any atom is 0.214 e. The molecular weight excluding hydrogens is 239 g/mol. The zero-order chi connectivity index (χ0) is 13.9. The predicted molar refractivity (Wildman–Crippen MR) is 79.9 cm³/mol. The van der Waals surface area contributed by atoms with Crippen LogP contribution in [0.15, 0.2) is 18.2 Å². The van der Waals surface area contributed by atoms with Gasteiger partial charge in [-0.05, 0) is 25.0 Å². The van der Waals surface area contributed by atoms with Crippen LogP contribution in [0.3, 0.4) is 0 Å². The Morgan fingerprint density at radius 2 is 1.68 bits per heavy atom. The minimum Gasteiger partial charge on any atom is -0.367 e. The number of anilines is 1. The Bertz CT molecular complexity index is 331. The molecule has 0 unspecified atom stereocenters. The van der Waals surface area contributed by atoms with Gasteiger partial charge in [-0.15, -0.1) is 0 Å². The van der Waals surface area contributed by atoms with Crippen molar-refractivity contribution in [2.24, 2.45) is 0 Å². The molecule has 1 rings (SSSR count). The lowest BCUT2D eigenvalue weighted by Crippen LogP contribution is -2.20. The van der Waals surface area contributed by atoms with Crippen LogP contribution in [-0.2, 0) is 0 Å². The van der Waals surface area contributed by atoms with E-state index in [-0.39, 0.29) is 0 Å². The molecule has 0 saturated heterocycles. The van der Waals surface area contributed by atoms with Crippen LogP contribution in [0.25, 0.3) is 0 Å². The van der Waals surface area contributed by atoms with Crippen molar-refractivity contribution in [3.8, 4) is 0 Å². The molecule has 0 aromatic carbocycles. The number of hydrogen-bond acceptors (Lipinski definition) is 2. The highest BCUT2D eigenvalue weighted by Crippen LogP contribution is 2.16. The quantitative estimate of drug-likeness (QED) is 0.467. The summed E-state index contributed by atoms with van der Waals surface area (Å²) < 4.78 is 13.1. The summed E-state index contributed by atoms with van der Waals surface area (Å²) >= 11 is 0. The summed E-state index contributed by atoms with van der Waals surface area (Å²) in [6.45, 7) is 4.43. The molecule has 1 aromatic rings. The Labute approximate surface area is 116 Å². The van der Waals surface area contributed by atoms with Crippen molar-refractivity contribution >= 4 is 5.82 Å². The van der Waals surface area contributed by atoms with Crippen LogP contribution in [-0.4, -0.2) is 11.0 Å². The molecule has 0 bridgehead atoms. The first-order valence-corrected chi connectivity index (χ1v) is 7.65. The zero-order valence-electron chi connectivity index (χ0n) is 12.3. The summed E-state index contributed by atoms with van der Waals surface area (Å²) in [5, 5.41) is 3.39. The third-order valence-corrected chi connectivity index (χ3v) is 3.38. The first-order chi connectivity index (χ1) is 9.26. The Morgan fingerprint density at radius 1 is 1.05 bits per heavy atom. The fraction of sp³-hybridized carbons (Fsp3) is 0.688. The van der Waals surface area contributed by atoms with Crippen LogP contribution < -0.4 is 5.32 Å². The highest BCUT2D eigenvalue weighted by molar-refractivity contribution is 5.34. The van der Waals surface area contributed by atoms with Crippen molar-refractivity contribution in [1.82, 2.24) is 4.98 Å².